The highest BCUT2D eigenvalue weighted by atomic mass is 16.2. The Labute approximate surface area is 82.7 Å². The van der Waals surface area contributed by atoms with E-state index >= 15 is 0 Å². The van der Waals surface area contributed by atoms with Crippen LogP contribution in [-0.2, 0) is 4.79 Å². The van der Waals surface area contributed by atoms with E-state index < -0.39 is 0 Å². The van der Waals surface area contributed by atoms with E-state index in [1.54, 1.807) is 17.3 Å². The van der Waals surface area contributed by atoms with Crippen LogP contribution in [0, 0.1) is 0 Å². The van der Waals surface area contributed by atoms with Gasteiger partial charge in [-0.1, -0.05) is 0 Å². The molecule has 1 amide bonds. The molecule has 1 aromatic heterocycles. The van der Waals surface area contributed by atoms with Gasteiger partial charge in [0.2, 0.25) is 5.91 Å². The maximum atomic E-state index is 11.7. The summed E-state index contributed by atoms with van der Waals surface area (Å²) in [4.78, 5) is 17.4. The molecule has 1 atom stereocenters. The van der Waals surface area contributed by atoms with Crippen LogP contribution < -0.4 is 10.6 Å². The Morgan fingerprint density at radius 1 is 1.57 bits per heavy atom. The lowest BCUT2D eigenvalue weighted by molar-refractivity contribution is -0.120. The number of piperidine rings is 1. The number of anilines is 1. The molecule has 0 unspecified atom stereocenters. The molecule has 1 aliphatic heterocycles. The summed E-state index contributed by atoms with van der Waals surface area (Å²) >= 11 is 0. The van der Waals surface area contributed by atoms with Gasteiger partial charge in [-0.05, 0) is 25.0 Å². The highest BCUT2D eigenvalue weighted by Crippen LogP contribution is 2.18. The first-order valence-corrected chi connectivity index (χ1v) is 4.76. The molecule has 4 nitrogen and oxygen atoms in total. The van der Waals surface area contributed by atoms with Crippen LogP contribution in [0.15, 0.2) is 24.5 Å². The Bertz CT molecular complexity index is 325. The molecule has 4 heteroatoms. The molecular weight excluding hydrogens is 178 g/mol. The van der Waals surface area contributed by atoms with E-state index in [4.69, 9.17) is 5.73 Å². The van der Waals surface area contributed by atoms with Crippen molar-refractivity contribution in [3.05, 3.63) is 24.5 Å². The zero-order valence-electron chi connectivity index (χ0n) is 7.89. The molecule has 14 heavy (non-hydrogen) atoms. The summed E-state index contributed by atoms with van der Waals surface area (Å²) in [5.74, 6) is 0.00394. The number of pyridine rings is 1. The second-order valence-corrected chi connectivity index (χ2v) is 3.45. The van der Waals surface area contributed by atoms with Gasteiger partial charge in [0.05, 0.1) is 17.9 Å². The van der Waals surface area contributed by atoms with Crippen LogP contribution in [0.3, 0.4) is 0 Å². The third-order valence-electron chi connectivity index (χ3n) is 2.44. The van der Waals surface area contributed by atoms with Gasteiger partial charge < -0.3 is 10.6 Å². The molecule has 0 saturated carbocycles. The molecule has 0 radical (unpaired) electrons. The van der Waals surface area contributed by atoms with Crippen molar-refractivity contribution in [2.75, 3.05) is 11.4 Å². The smallest absolute Gasteiger partial charge is 0.243 e. The number of carbonyl (C=O) groups is 1. The van der Waals surface area contributed by atoms with Crippen LogP contribution in [0.1, 0.15) is 12.8 Å². The Kier molecular flexibility index (Phi) is 2.45. The van der Waals surface area contributed by atoms with Gasteiger partial charge in [-0.15, -0.1) is 0 Å². The van der Waals surface area contributed by atoms with E-state index in [-0.39, 0.29) is 11.9 Å². The van der Waals surface area contributed by atoms with Crippen molar-refractivity contribution in [2.24, 2.45) is 5.73 Å². The average Bonchev–Trinajstić information content (AvgIpc) is 2.23. The molecule has 2 rings (SSSR count). The predicted octanol–water partition coefficient (Wildman–Crippen LogP) is 0.536. The van der Waals surface area contributed by atoms with Crippen LogP contribution in [-0.4, -0.2) is 23.5 Å². The Morgan fingerprint density at radius 3 is 3.14 bits per heavy atom. The standard InChI is InChI=1S/C10H13N3O/c11-9-4-2-6-13(10(9)14)8-3-1-5-12-7-8/h1,3,5,7,9H,2,4,6,11H2/t9-/m1/s1. The summed E-state index contributed by atoms with van der Waals surface area (Å²) in [6.45, 7) is 0.748. The molecule has 0 aliphatic carbocycles. The van der Waals surface area contributed by atoms with Gasteiger partial charge in [0, 0.05) is 12.7 Å². The molecule has 0 bridgehead atoms. The van der Waals surface area contributed by atoms with Gasteiger partial charge in [-0.25, -0.2) is 0 Å². The molecule has 0 aromatic carbocycles. The van der Waals surface area contributed by atoms with Crippen molar-refractivity contribution >= 4 is 11.6 Å². The number of aromatic nitrogens is 1. The van der Waals surface area contributed by atoms with E-state index in [2.05, 4.69) is 4.98 Å². The topological polar surface area (TPSA) is 59.2 Å². The lowest BCUT2D eigenvalue weighted by Gasteiger charge is -2.30. The number of carbonyl (C=O) groups excluding carboxylic acids is 1. The van der Waals surface area contributed by atoms with Gasteiger partial charge >= 0.3 is 0 Å². The summed E-state index contributed by atoms with van der Waals surface area (Å²) in [6, 6.07) is 3.36. The van der Waals surface area contributed by atoms with Gasteiger partial charge in [-0.2, -0.15) is 0 Å². The van der Waals surface area contributed by atoms with Crippen LogP contribution in [0.5, 0.6) is 0 Å². The quantitative estimate of drug-likeness (QED) is 0.704. The number of nitrogens with zero attached hydrogens (tertiary/aromatic N) is 2. The summed E-state index contributed by atoms with van der Waals surface area (Å²) < 4.78 is 0. The molecule has 1 aliphatic rings. The van der Waals surface area contributed by atoms with Crippen molar-refractivity contribution in [3.8, 4) is 0 Å². The second-order valence-electron chi connectivity index (χ2n) is 3.45. The zero-order chi connectivity index (χ0) is 9.97. The van der Waals surface area contributed by atoms with E-state index in [1.165, 1.54) is 0 Å². The molecule has 1 aromatic rings. The largest absolute Gasteiger partial charge is 0.320 e. The molecule has 1 fully saturated rings. The van der Waals surface area contributed by atoms with Gasteiger partial charge in [-0.3, -0.25) is 9.78 Å². The lowest BCUT2D eigenvalue weighted by atomic mass is 10.1. The molecule has 74 valence electrons. The summed E-state index contributed by atoms with van der Waals surface area (Å²) in [5, 5.41) is 0. The van der Waals surface area contributed by atoms with E-state index in [1.807, 2.05) is 12.1 Å². The fraction of sp³-hybridized carbons (Fsp3) is 0.400. The normalized spacial score (nSPS) is 22.5. The van der Waals surface area contributed by atoms with Crippen molar-refractivity contribution < 1.29 is 4.79 Å². The summed E-state index contributed by atoms with van der Waals surface area (Å²) in [7, 11) is 0. The Morgan fingerprint density at radius 2 is 2.43 bits per heavy atom. The fourth-order valence-electron chi connectivity index (χ4n) is 1.67. The van der Waals surface area contributed by atoms with Crippen molar-refractivity contribution in [2.45, 2.75) is 18.9 Å². The second kappa shape index (κ2) is 3.75. The highest BCUT2D eigenvalue weighted by Gasteiger charge is 2.26. The minimum Gasteiger partial charge on any atom is -0.320 e. The van der Waals surface area contributed by atoms with Gasteiger partial charge in [0.1, 0.15) is 0 Å². The number of rotatable bonds is 1. The predicted molar refractivity (Wildman–Crippen MR) is 53.8 cm³/mol. The first-order valence-electron chi connectivity index (χ1n) is 4.76. The lowest BCUT2D eigenvalue weighted by Crippen LogP contribution is -2.48. The maximum Gasteiger partial charge on any atom is 0.243 e. The van der Waals surface area contributed by atoms with Crippen molar-refractivity contribution in [3.63, 3.8) is 0 Å². The van der Waals surface area contributed by atoms with Crippen molar-refractivity contribution in [1.29, 1.82) is 0 Å². The van der Waals surface area contributed by atoms with Crippen LogP contribution in [0.2, 0.25) is 0 Å². The maximum absolute atomic E-state index is 11.7. The van der Waals surface area contributed by atoms with E-state index in [9.17, 15) is 4.79 Å². The first-order chi connectivity index (χ1) is 6.79. The SMILES string of the molecule is N[C@@H]1CCCN(c2cccnc2)C1=O. The third-order valence-corrected chi connectivity index (χ3v) is 2.44. The molecule has 0 spiro atoms. The van der Waals surface area contributed by atoms with Crippen molar-refractivity contribution in [1.82, 2.24) is 4.98 Å². The van der Waals surface area contributed by atoms with Crippen LogP contribution in [0.25, 0.3) is 0 Å². The minimum absolute atomic E-state index is 0.00394. The molecular formula is C10H13N3O. The first kappa shape index (κ1) is 9.15. The molecule has 2 N–H and O–H groups in total. The monoisotopic (exact) mass is 191 g/mol. The van der Waals surface area contributed by atoms with E-state index in [0.29, 0.717) is 0 Å². The minimum atomic E-state index is -0.344. The van der Waals surface area contributed by atoms with E-state index in [0.717, 1.165) is 25.1 Å². The number of amides is 1. The number of hydrogen-bond donors (Lipinski definition) is 1. The van der Waals surface area contributed by atoms with Gasteiger partial charge in [0.25, 0.3) is 0 Å². The Hall–Kier alpha value is -1.42. The zero-order valence-corrected chi connectivity index (χ0v) is 7.89. The molecule has 1 saturated heterocycles. The fourth-order valence-corrected chi connectivity index (χ4v) is 1.67. The van der Waals surface area contributed by atoms with Gasteiger partial charge in [0.15, 0.2) is 0 Å². The number of hydrogen-bond acceptors (Lipinski definition) is 3. The van der Waals surface area contributed by atoms with Crippen LogP contribution >= 0.6 is 0 Å². The Balaban J connectivity index is 2.22. The highest BCUT2D eigenvalue weighted by molar-refractivity contribution is 5.97. The summed E-state index contributed by atoms with van der Waals surface area (Å²) in [5.41, 5.74) is 6.53. The average molecular weight is 191 g/mol. The summed E-state index contributed by atoms with van der Waals surface area (Å²) in [6.07, 6.45) is 5.13. The van der Waals surface area contributed by atoms with Crippen LogP contribution in [0.4, 0.5) is 5.69 Å². The number of nitrogens with two attached hydrogens (primary N) is 1. The molecule has 2 heterocycles. The third kappa shape index (κ3) is 1.61.